The first-order chi connectivity index (χ1) is 9.70. The van der Waals surface area contributed by atoms with Crippen LogP contribution in [0.25, 0.3) is 0 Å². The molecule has 0 bridgehead atoms. The Labute approximate surface area is 133 Å². The Bertz CT molecular complexity index is 792. The molecular formula is C11H5Cl3F2N2O2S. The second-order valence-corrected chi connectivity index (χ2v) is 6.65. The molecule has 21 heavy (non-hydrogen) atoms. The first-order valence-corrected chi connectivity index (χ1v) is 7.82. The minimum absolute atomic E-state index is 0.138. The molecule has 0 aliphatic heterocycles. The molecule has 0 atom stereocenters. The van der Waals surface area contributed by atoms with Crippen LogP contribution in [0.4, 0.5) is 14.5 Å². The smallest absolute Gasteiger partial charge is 0.265 e. The first kappa shape index (κ1) is 16.2. The standard InChI is InChI=1S/C11H5Cl3F2N2O2S/c12-5-3-6(13)10(7(14)4-5)21(19,20)18-8-1-2-9(15)17-11(8)16/h1-4,18H. The molecule has 0 aliphatic rings. The molecule has 1 N–H and O–H groups in total. The summed E-state index contributed by atoms with van der Waals surface area (Å²) in [6, 6.07) is 4.02. The summed E-state index contributed by atoms with van der Waals surface area (Å²) in [7, 11) is -4.30. The lowest BCUT2D eigenvalue weighted by molar-refractivity contribution is 0.515. The van der Waals surface area contributed by atoms with E-state index in [0.29, 0.717) is 0 Å². The van der Waals surface area contributed by atoms with E-state index < -0.39 is 32.5 Å². The van der Waals surface area contributed by atoms with Crippen LogP contribution in [-0.2, 0) is 10.0 Å². The number of aromatic nitrogens is 1. The van der Waals surface area contributed by atoms with Crippen molar-refractivity contribution in [2.75, 3.05) is 4.72 Å². The number of rotatable bonds is 3. The van der Waals surface area contributed by atoms with Crippen LogP contribution in [-0.4, -0.2) is 13.4 Å². The Morgan fingerprint density at radius 1 is 1.05 bits per heavy atom. The van der Waals surface area contributed by atoms with E-state index in [4.69, 9.17) is 34.8 Å². The van der Waals surface area contributed by atoms with Gasteiger partial charge >= 0.3 is 0 Å². The summed E-state index contributed by atoms with van der Waals surface area (Å²) in [6.45, 7) is 0. The summed E-state index contributed by atoms with van der Waals surface area (Å²) in [6.07, 6.45) is 0. The van der Waals surface area contributed by atoms with E-state index in [1.807, 2.05) is 4.72 Å². The molecular weight excluding hydrogens is 369 g/mol. The fourth-order valence-electron chi connectivity index (χ4n) is 1.47. The van der Waals surface area contributed by atoms with Gasteiger partial charge in [0.1, 0.15) is 10.6 Å². The summed E-state index contributed by atoms with van der Waals surface area (Å²) in [5.41, 5.74) is -0.543. The maximum atomic E-state index is 13.4. The van der Waals surface area contributed by atoms with Crippen molar-refractivity contribution in [2.45, 2.75) is 4.90 Å². The molecule has 1 heterocycles. The second kappa shape index (κ2) is 5.92. The number of pyridine rings is 1. The van der Waals surface area contributed by atoms with Crippen molar-refractivity contribution in [1.82, 2.24) is 4.98 Å². The molecule has 0 radical (unpaired) electrons. The average molecular weight is 374 g/mol. The molecule has 0 spiro atoms. The first-order valence-electron chi connectivity index (χ1n) is 5.20. The van der Waals surface area contributed by atoms with Gasteiger partial charge in [-0.05, 0) is 24.3 Å². The van der Waals surface area contributed by atoms with Gasteiger partial charge in [-0.1, -0.05) is 34.8 Å². The van der Waals surface area contributed by atoms with Crippen LogP contribution < -0.4 is 4.72 Å². The van der Waals surface area contributed by atoms with Crippen molar-refractivity contribution < 1.29 is 17.2 Å². The third-order valence-electron chi connectivity index (χ3n) is 2.29. The van der Waals surface area contributed by atoms with Gasteiger partial charge in [-0.2, -0.15) is 13.8 Å². The van der Waals surface area contributed by atoms with Gasteiger partial charge in [0.15, 0.2) is 0 Å². The molecule has 10 heteroatoms. The third kappa shape index (κ3) is 3.55. The van der Waals surface area contributed by atoms with E-state index in [1.165, 1.54) is 12.1 Å². The van der Waals surface area contributed by atoms with Crippen molar-refractivity contribution in [2.24, 2.45) is 0 Å². The van der Waals surface area contributed by atoms with E-state index in [-0.39, 0.29) is 15.1 Å². The normalized spacial score (nSPS) is 11.5. The lowest BCUT2D eigenvalue weighted by atomic mass is 10.4. The molecule has 4 nitrogen and oxygen atoms in total. The molecule has 0 saturated carbocycles. The van der Waals surface area contributed by atoms with Gasteiger partial charge in [0.25, 0.3) is 10.0 Å². The molecule has 0 saturated heterocycles. The summed E-state index contributed by atoms with van der Waals surface area (Å²) in [5.74, 6) is -2.40. The van der Waals surface area contributed by atoms with Crippen LogP contribution in [0.3, 0.4) is 0 Å². The summed E-state index contributed by atoms with van der Waals surface area (Å²) in [5, 5.41) is -0.343. The number of nitrogens with one attached hydrogen (secondary N) is 1. The van der Waals surface area contributed by atoms with Crippen LogP contribution >= 0.6 is 34.8 Å². The van der Waals surface area contributed by atoms with Gasteiger partial charge in [0, 0.05) is 5.02 Å². The van der Waals surface area contributed by atoms with Gasteiger partial charge in [-0.15, -0.1) is 0 Å². The van der Waals surface area contributed by atoms with Crippen LogP contribution in [0, 0.1) is 11.9 Å². The van der Waals surface area contributed by atoms with E-state index in [1.54, 1.807) is 0 Å². The number of anilines is 1. The number of nitrogens with zero attached hydrogens (tertiary/aromatic N) is 1. The molecule has 0 fully saturated rings. The van der Waals surface area contributed by atoms with Gasteiger partial charge in [0.05, 0.1) is 10.0 Å². The summed E-state index contributed by atoms with van der Waals surface area (Å²) >= 11 is 17.3. The Hall–Kier alpha value is -1.15. The predicted octanol–water partition coefficient (Wildman–Crippen LogP) is 4.12. The Kier molecular flexibility index (Phi) is 4.57. The third-order valence-corrected chi connectivity index (χ3v) is 4.80. The fraction of sp³-hybridized carbons (Fsp3) is 0. The second-order valence-electron chi connectivity index (χ2n) is 3.78. The molecule has 1 aromatic carbocycles. The number of hydrogen-bond donors (Lipinski definition) is 1. The zero-order valence-corrected chi connectivity index (χ0v) is 13.0. The zero-order valence-electron chi connectivity index (χ0n) is 9.87. The molecule has 1 aromatic heterocycles. The topological polar surface area (TPSA) is 59.1 Å². The van der Waals surface area contributed by atoms with Crippen molar-refractivity contribution in [3.8, 4) is 0 Å². The lowest BCUT2D eigenvalue weighted by Gasteiger charge is -2.11. The predicted molar refractivity (Wildman–Crippen MR) is 76.4 cm³/mol. The van der Waals surface area contributed by atoms with Gasteiger partial charge in [-0.3, -0.25) is 4.72 Å². The Morgan fingerprint density at radius 2 is 1.62 bits per heavy atom. The van der Waals surface area contributed by atoms with Crippen LogP contribution in [0.1, 0.15) is 0 Å². The van der Waals surface area contributed by atoms with Crippen LogP contribution in [0.2, 0.25) is 15.1 Å². The largest absolute Gasteiger partial charge is 0.275 e. The zero-order chi connectivity index (χ0) is 15.8. The minimum atomic E-state index is -4.30. The maximum absolute atomic E-state index is 13.4. The number of sulfonamides is 1. The maximum Gasteiger partial charge on any atom is 0.265 e. The number of halogens is 5. The van der Waals surface area contributed by atoms with Crippen molar-refractivity contribution in [3.63, 3.8) is 0 Å². The lowest BCUT2D eigenvalue weighted by Crippen LogP contribution is -2.15. The number of benzene rings is 1. The van der Waals surface area contributed by atoms with E-state index >= 15 is 0 Å². The van der Waals surface area contributed by atoms with E-state index in [2.05, 4.69) is 4.98 Å². The van der Waals surface area contributed by atoms with Crippen LogP contribution in [0.5, 0.6) is 0 Å². The summed E-state index contributed by atoms with van der Waals surface area (Å²) in [4.78, 5) is 2.39. The highest BCUT2D eigenvalue weighted by Crippen LogP contribution is 2.33. The van der Waals surface area contributed by atoms with Crippen molar-refractivity contribution in [3.05, 3.63) is 51.2 Å². The van der Waals surface area contributed by atoms with Gasteiger partial charge in [-0.25, -0.2) is 8.42 Å². The molecule has 0 aliphatic carbocycles. The van der Waals surface area contributed by atoms with Crippen molar-refractivity contribution >= 4 is 50.5 Å². The van der Waals surface area contributed by atoms with Crippen molar-refractivity contribution in [1.29, 1.82) is 0 Å². The Morgan fingerprint density at radius 3 is 2.14 bits per heavy atom. The molecule has 0 unspecified atom stereocenters. The molecule has 2 aromatic rings. The van der Waals surface area contributed by atoms with Gasteiger partial charge in [0.2, 0.25) is 11.9 Å². The number of hydrogen-bond acceptors (Lipinski definition) is 3. The van der Waals surface area contributed by atoms with Gasteiger partial charge < -0.3 is 0 Å². The summed E-state index contributed by atoms with van der Waals surface area (Å²) < 4.78 is 52.3. The fourth-order valence-corrected chi connectivity index (χ4v) is 4.07. The quantitative estimate of drug-likeness (QED) is 0.823. The van der Waals surface area contributed by atoms with Crippen LogP contribution in [0.15, 0.2) is 29.2 Å². The molecule has 2 rings (SSSR count). The van der Waals surface area contributed by atoms with E-state index in [0.717, 1.165) is 12.1 Å². The molecule has 112 valence electrons. The highest BCUT2D eigenvalue weighted by molar-refractivity contribution is 7.93. The minimum Gasteiger partial charge on any atom is -0.275 e. The Balaban J connectivity index is 2.48. The van der Waals surface area contributed by atoms with E-state index in [9.17, 15) is 17.2 Å². The average Bonchev–Trinajstić information content (AvgIpc) is 2.30. The monoisotopic (exact) mass is 372 g/mol. The highest BCUT2D eigenvalue weighted by Gasteiger charge is 2.24. The highest BCUT2D eigenvalue weighted by atomic mass is 35.5. The molecule has 0 amide bonds. The SMILES string of the molecule is O=S(=O)(Nc1ccc(F)nc1F)c1c(Cl)cc(Cl)cc1Cl.